The lowest BCUT2D eigenvalue weighted by atomic mass is 9.79. The van der Waals surface area contributed by atoms with Crippen molar-refractivity contribution in [3.63, 3.8) is 0 Å². The van der Waals surface area contributed by atoms with Crippen LogP contribution in [0.25, 0.3) is 16.6 Å². The molecular weight excluding hydrogens is 353 g/mol. The normalized spacial score (nSPS) is 18.1. The van der Waals surface area contributed by atoms with Crippen LogP contribution in [0.1, 0.15) is 39.0 Å². The number of halogens is 2. The summed E-state index contributed by atoms with van der Waals surface area (Å²) in [4.78, 5) is 0. The molecule has 3 nitrogen and oxygen atoms in total. The van der Waals surface area contributed by atoms with E-state index in [2.05, 4.69) is 18.4 Å². The van der Waals surface area contributed by atoms with Gasteiger partial charge < -0.3 is 14.4 Å². The monoisotopic (exact) mass is 373 g/mol. The van der Waals surface area contributed by atoms with Crippen molar-refractivity contribution in [1.82, 2.24) is 4.57 Å². The summed E-state index contributed by atoms with van der Waals surface area (Å²) in [7, 11) is 0. The molecule has 136 valence electrons. The third-order valence-electron chi connectivity index (χ3n) is 5.17. The Labute approximate surface area is 157 Å². The van der Waals surface area contributed by atoms with Crippen molar-refractivity contribution in [2.24, 2.45) is 0 Å². The van der Waals surface area contributed by atoms with Crippen LogP contribution in [0, 0.1) is 5.82 Å². The fourth-order valence-electron chi connectivity index (χ4n) is 3.94. The Morgan fingerprint density at radius 3 is 2.58 bits per heavy atom. The predicted molar refractivity (Wildman–Crippen MR) is 102 cm³/mol. The molecule has 0 aliphatic carbocycles. The molecule has 1 aliphatic heterocycles. The molecule has 1 aromatic heterocycles. The summed E-state index contributed by atoms with van der Waals surface area (Å²) in [6.45, 7) is 8.78. The van der Waals surface area contributed by atoms with Gasteiger partial charge in [0.2, 0.25) is 0 Å². The average molecular weight is 374 g/mol. The maximum Gasteiger partial charge on any atom is 0.141 e. The topological polar surface area (TPSA) is 34.4 Å². The van der Waals surface area contributed by atoms with Crippen molar-refractivity contribution in [3.8, 4) is 11.4 Å². The summed E-state index contributed by atoms with van der Waals surface area (Å²) in [6.07, 6.45) is 0. The number of rotatable bonds is 1. The second-order valence-electron chi connectivity index (χ2n) is 8.01. The largest absolute Gasteiger partial charge is 0.507 e. The van der Waals surface area contributed by atoms with Crippen LogP contribution in [0.2, 0.25) is 5.02 Å². The molecule has 0 saturated carbocycles. The van der Waals surface area contributed by atoms with Gasteiger partial charge in [-0.1, -0.05) is 31.5 Å². The molecule has 3 aromatic rings. The van der Waals surface area contributed by atoms with Gasteiger partial charge in [0, 0.05) is 27.7 Å². The first-order valence-corrected chi connectivity index (χ1v) is 8.98. The lowest BCUT2D eigenvalue weighted by Crippen LogP contribution is -2.40. The van der Waals surface area contributed by atoms with Crippen LogP contribution in [0.15, 0.2) is 36.4 Å². The number of aromatic nitrogens is 1. The van der Waals surface area contributed by atoms with E-state index >= 15 is 0 Å². The van der Waals surface area contributed by atoms with E-state index in [0.717, 1.165) is 27.8 Å². The number of phenols is 1. The van der Waals surface area contributed by atoms with Crippen LogP contribution in [0.3, 0.4) is 0 Å². The van der Waals surface area contributed by atoms with E-state index in [1.54, 1.807) is 18.2 Å². The Kier molecular flexibility index (Phi) is 3.66. The smallest absolute Gasteiger partial charge is 0.141 e. The average Bonchev–Trinajstić information content (AvgIpc) is 2.94. The van der Waals surface area contributed by atoms with Gasteiger partial charge in [0.15, 0.2) is 0 Å². The summed E-state index contributed by atoms with van der Waals surface area (Å²) in [5.41, 5.74) is 2.77. The van der Waals surface area contributed by atoms with E-state index in [4.69, 9.17) is 16.3 Å². The summed E-state index contributed by atoms with van der Waals surface area (Å²) in [6, 6.07) is 10.2. The zero-order valence-electron chi connectivity index (χ0n) is 15.2. The van der Waals surface area contributed by atoms with Crippen molar-refractivity contribution in [2.75, 3.05) is 6.61 Å². The second-order valence-corrected chi connectivity index (χ2v) is 8.42. The molecule has 1 N–H and O–H groups in total. The van der Waals surface area contributed by atoms with Crippen LogP contribution in [0.5, 0.6) is 5.75 Å². The molecule has 0 saturated heterocycles. The minimum Gasteiger partial charge on any atom is -0.507 e. The number of ether oxygens (including phenoxy) is 1. The number of hydrogen-bond donors (Lipinski definition) is 1. The van der Waals surface area contributed by atoms with Crippen molar-refractivity contribution >= 4 is 22.5 Å². The summed E-state index contributed by atoms with van der Waals surface area (Å²) in [5, 5.41) is 11.5. The maximum absolute atomic E-state index is 13.7. The number of hydrogen-bond acceptors (Lipinski definition) is 2. The molecule has 0 atom stereocenters. The zero-order valence-corrected chi connectivity index (χ0v) is 16.0. The number of phenolic OH excluding ortho intramolecular Hbond substituents is 1. The molecule has 2 heterocycles. The molecule has 0 spiro atoms. The SMILES string of the molecule is CC1(C)COC(C)(C)c2c1n(-c1ccc(F)c(Cl)c1)c1cccc(O)c21. The quantitative estimate of drug-likeness (QED) is 0.596. The second kappa shape index (κ2) is 5.48. The van der Waals surface area contributed by atoms with Gasteiger partial charge in [0.05, 0.1) is 22.7 Å². The van der Waals surface area contributed by atoms with Gasteiger partial charge >= 0.3 is 0 Å². The standard InChI is InChI=1S/C21H21ClFNO2/c1-20(2)11-26-21(3,4)18-17-15(6-5-7-16(17)25)24(19(18)20)12-8-9-14(23)13(22)10-12/h5-10,25H,11H2,1-4H3. The number of fused-ring (bicyclic) bond motifs is 3. The zero-order chi connectivity index (χ0) is 18.9. The van der Waals surface area contributed by atoms with Gasteiger partial charge in [-0.05, 0) is 44.2 Å². The fourth-order valence-corrected chi connectivity index (χ4v) is 4.12. The number of nitrogens with zero attached hydrogens (tertiary/aromatic N) is 1. The van der Waals surface area contributed by atoms with E-state index in [1.807, 2.05) is 26.0 Å². The number of benzene rings is 2. The Balaban J connectivity index is 2.21. The summed E-state index contributed by atoms with van der Waals surface area (Å²) >= 11 is 6.06. The Bertz CT molecular complexity index is 1040. The Morgan fingerprint density at radius 2 is 1.88 bits per heavy atom. The molecule has 0 fully saturated rings. The van der Waals surface area contributed by atoms with Crippen molar-refractivity contribution in [2.45, 2.75) is 38.7 Å². The van der Waals surface area contributed by atoms with Gasteiger partial charge in [0.1, 0.15) is 11.6 Å². The minimum atomic E-state index is -0.559. The molecule has 26 heavy (non-hydrogen) atoms. The summed E-state index contributed by atoms with van der Waals surface area (Å²) < 4.78 is 22.0. The molecule has 2 aromatic carbocycles. The lowest BCUT2D eigenvalue weighted by molar-refractivity contribution is -0.0590. The minimum absolute atomic E-state index is 0.0716. The molecule has 5 heteroatoms. The van der Waals surface area contributed by atoms with E-state index in [1.165, 1.54) is 6.07 Å². The third-order valence-corrected chi connectivity index (χ3v) is 5.46. The number of aromatic hydroxyl groups is 1. The highest BCUT2D eigenvalue weighted by molar-refractivity contribution is 6.30. The van der Waals surface area contributed by atoms with Crippen molar-refractivity contribution < 1.29 is 14.2 Å². The van der Waals surface area contributed by atoms with Gasteiger partial charge in [-0.25, -0.2) is 4.39 Å². The molecule has 0 radical (unpaired) electrons. The Morgan fingerprint density at radius 1 is 1.15 bits per heavy atom. The van der Waals surface area contributed by atoms with Gasteiger partial charge in [-0.3, -0.25) is 0 Å². The van der Waals surface area contributed by atoms with Crippen molar-refractivity contribution in [3.05, 3.63) is 58.5 Å². The first-order valence-electron chi connectivity index (χ1n) is 8.60. The first kappa shape index (κ1) is 17.4. The summed E-state index contributed by atoms with van der Waals surface area (Å²) in [5.74, 6) is -0.244. The van der Waals surface area contributed by atoms with E-state index < -0.39 is 11.4 Å². The Hall–Kier alpha value is -2.04. The lowest BCUT2D eigenvalue weighted by Gasteiger charge is -2.41. The van der Waals surface area contributed by atoms with Gasteiger partial charge in [-0.2, -0.15) is 0 Å². The highest BCUT2D eigenvalue weighted by atomic mass is 35.5. The van der Waals surface area contributed by atoms with Crippen LogP contribution >= 0.6 is 11.6 Å². The molecule has 4 rings (SSSR count). The highest BCUT2D eigenvalue weighted by Gasteiger charge is 2.43. The first-order chi connectivity index (χ1) is 12.1. The van der Waals surface area contributed by atoms with Crippen LogP contribution in [0.4, 0.5) is 4.39 Å². The predicted octanol–water partition coefficient (Wildman–Crippen LogP) is 5.67. The molecule has 1 aliphatic rings. The molecular formula is C21H21ClFNO2. The molecule has 0 bridgehead atoms. The van der Waals surface area contributed by atoms with Crippen LogP contribution < -0.4 is 0 Å². The van der Waals surface area contributed by atoms with Gasteiger partial charge in [0.25, 0.3) is 0 Å². The van der Waals surface area contributed by atoms with Crippen molar-refractivity contribution in [1.29, 1.82) is 0 Å². The van der Waals surface area contributed by atoms with E-state index in [-0.39, 0.29) is 16.2 Å². The van der Waals surface area contributed by atoms with E-state index in [9.17, 15) is 9.50 Å². The molecule has 0 unspecified atom stereocenters. The van der Waals surface area contributed by atoms with Crippen LogP contribution in [-0.4, -0.2) is 16.3 Å². The van der Waals surface area contributed by atoms with Gasteiger partial charge in [-0.15, -0.1) is 0 Å². The third kappa shape index (κ3) is 2.36. The highest BCUT2D eigenvalue weighted by Crippen LogP contribution is 2.49. The fraction of sp³-hybridized carbons (Fsp3) is 0.333. The molecule has 0 amide bonds. The van der Waals surface area contributed by atoms with Crippen LogP contribution in [-0.2, 0) is 15.8 Å². The maximum atomic E-state index is 13.7. The van der Waals surface area contributed by atoms with E-state index in [0.29, 0.717) is 6.61 Å².